The van der Waals surface area contributed by atoms with Gasteiger partial charge in [0.25, 0.3) is 0 Å². The Hall–Kier alpha value is -0.0825. The van der Waals surface area contributed by atoms with Crippen molar-refractivity contribution in [2.75, 3.05) is 6.61 Å². The smallest absolute Gasteiger partial charge is 0.333 e. The van der Waals surface area contributed by atoms with Gasteiger partial charge in [-0.25, -0.2) is 4.79 Å². The zero-order chi connectivity index (χ0) is 23.1. The van der Waals surface area contributed by atoms with Crippen molar-refractivity contribution in [2.45, 2.75) is 104 Å². The molecule has 0 aromatic carbocycles. The first-order valence-electron chi connectivity index (χ1n) is 11.5. The molecule has 6 nitrogen and oxygen atoms in total. The molecule has 1 aliphatic rings. The molecule has 1 saturated heterocycles. The third-order valence-corrected chi connectivity index (χ3v) is 24.5. The molecule has 0 bridgehead atoms. The maximum absolute atomic E-state index is 11.7. The Morgan fingerprint density at radius 2 is 1.07 bits per heavy atom. The van der Waals surface area contributed by atoms with Crippen LogP contribution in [0.4, 0.5) is 0 Å². The van der Waals surface area contributed by atoms with Gasteiger partial charge in [0.15, 0.2) is 0 Å². The summed E-state index contributed by atoms with van der Waals surface area (Å²) in [5, 5.41) is 0. The topological polar surface area (TPSA) is 63.2 Å². The summed E-state index contributed by atoms with van der Waals surface area (Å²) in [6.45, 7) is 20.9. The van der Waals surface area contributed by atoms with Crippen LogP contribution in [0.1, 0.15) is 53.4 Å². The molecule has 0 aliphatic carbocycles. The first-order chi connectivity index (χ1) is 13.8. The highest BCUT2D eigenvalue weighted by Crippen LogP contribution is 2.38. The summed E-state index contributed by atoms with van der Waals surface area (Å²) in [4.78, 5) is 11.7. The highest BCUT2D eigenvalue weighted by molar-refractivity contribution is 6.93. The fourth-order valence-corrected chi connectivity index (χ4v) is 27.9. The molecule has 30 heavy (non-hydrogen) atoms. The van der Waals surface area contributed by atoms with Crippen LogP contribution < -0.4 is 0 Å². The summed E-state index contributed by atoms with van der Waals surface area (Å²) >= 11 is 0. The average molecular weight is 493 g/mol. The van der Waals surface area contributed by atoms with E-state index in [1.54, 1.807) is 6.92 Å². The zero-order valence-electron chi connectivity index (χ0n) is 20.5. The second-order valence-electron chi connectivity index (χ2n) is 9.21. The molecule has 1 fully saturated rings. The summed E-state index contributed by atoms with van der Waals surface area (Å²) in [7, 11) is -9.82. The second-order valence-corrected chi connectivity index (χ2v) is 23.5. The van der Waals surface area contributed by atoms with Gasteiger partial charge in [-0.2, -0.15) is 0 Å². The van der Waals surface area contributed by atoms with E-state index in [1.807, 2.05) is 0 Å². The number of hydrogen-bond acceptors (Lipinski definition) is 6. The quantitative estimate of drug-likeness (QED) is 0.150. The van der Waals surface area contributed by atoms with Gasteiger partial charge in [0.1, 0.15) is 0 Å². The molecule has 0 aromatic rings. The van der Waals surface area contributed by atoms with Crippen LogP contribution in [-0.4, -0.2) is 46.8 Å². The molecule has 2 unspecified atom stereocenters. The number of hydrogen-bond donors (Lipinski definition) is 0. The summed E-state index contributed by atoms with van der Waals surface area (Å²) < 4.78 is 32.9. The van der Waals surface area contributed by atoms with Gasteiger partial charge in [-0.05, 0) is 63.7 Å². The lowest BCUT2D eigenvalue weighted by atomic mass is 10.4. The molecule has 1 aliphatic heterocycles. The lowest BCUT2D eigenvalue weighted by Crippen LogP contribution is -2.67. The Kier molecular flexibility index (Phi) is 10.9. The van der Waals surface area contributed by atoms with E-state index in [4.69, 9.17) is 21.2 Å². The zero-order valence-corrected chi connectivity index (χ0v) is 24.5. The van der Waals surface area contributed by atoms with Crippen molar-refractivity contribution in [3.63, 3.8) is 0 Å². The molecule has 10 heteroatoms. The van der Waals surface area contributed by atoms with Gasteiger partial charge in [-0.15, -0.1) is 0 Å². The minimum absolute atomic E-state index is 0.343. The second kappa shape index (κ2) is 11.7. The average Bonchev–Trinajstić information content (AvgIpc) is 2.56. The third kappa shape index (κ3) is 8.81. The Labute approximate surface area is 188 Å². The molecule has 1 heterocycles. The highest BCUT2D eigenvalue weighted by atomic mass is 28.5. The fourth-order valence-electron chi connectivity index (χ4n) is 4.36. The van der Waals surface area contributed by atoms with Crippen molar-refractivity contribution < 1.29 is 26.0 Å². The highest BCUT2D eigenvalue weighted by Gasteiger charge is 2.55. The predicted octanol–water partition coefficient (Wildman–Crippen LogP) is 6.09. The first kappa shape index (κ1) is 28.0. The number of carbonyl (C=O) groups excluding carboxylic acids is 1. The van der Waals surface area contributed by atoms with Crippen LogP contribution >= 0.6 is 0 Å². The molecular formula is C20H44O6Si4. The maximum Gasteiger partial charge on any atom is 0.333 e. The Morgan fingerprint density at radius 1 is 0.733 bits per heavy atom. The maximum atomic E-state index is 11.7. The third-order valence-electron chi connectivity index (χ3n) is 5.20. The van der Waals surface area contributed by atoms with Gasteiger partial charge in [0, 0.05) is 5.57 Å². The molecule has 1 rings (SSSR count). The van der Waals surface area contributed by atoms with Crippen molar-refractivity contribution >= 4 is 40.2 Å². The fraction of sp³-hybridized carbons (Fsp3) is 0.850. The van der Waals surface area contributed by atoms with Gasteiger partial charge in [0.05, 0.1) is 6.61 Å². The summed E-state index contributed by atoms with van der Waals surface area (Å²) in [6.07, 6.45) is 3.78. The molecule has 2 atom stereocenters. The van der Waals surface area contributed by atoms with Crippen LogP contribution in [0.2, 0.25) is 50.4 Å². The Morgan fingerprint density at radius 3 is 1.37 bits per heavy atom. The molecule has 176 valence electrons. The predicted molar refractivity (Wildman–Crippen MR) is 131 cm³/mol. The normalized spacial score (nSPS) is 34.8. The van der Waals surface area contributed by atoms with E-state index in [9.17, 15) is 4.79 Å². The van der Waals surface area contributed by atoms with E-state index >= 15 is 0 Å². The Bertz CT molecular complexity index is 566. The van der Waals surface area contributed by atoms with Crippen molar-refractivity contribution in [2.24, 2.45) is 0 Å². The summed E-state index contributed by atoms with van der Waals surface area (Å²) in [6, 6.07) is 3.60. The number of carbonyl (C=O) groups is 1. The van der Waals surface area contributed by atoms with Gasteiger partial charge in [-0.3, -0.25) is 0 Å². The van der Waals surface area contributed by atoms with Crippen LogP contribution in [0.5, 0.6) is 0 Å². The van der Waals surface area contributed by atoms with E-state index in [1.165, 1.54) is 0 Å². The van der Waals surface area contributed by atoms with E-state index in [0.717, 1.165) is 43.4 Å². The van der Waals surface area contributed by atoms with E-state index in [2.05, 4.69) is 53.5 Å². The van der Waals surface area contributed by atoms with Gasteiger partial charge in [-0.1, -0.05) is 46.6 Å². The molecule has 0 spiro atoms. The van der Waals surface area contributed by atoms with Crippen molar-refractivity contribution in [3.05, 3.63) is 12.2 Å². The van der Waals surface area contributed by atoms with Gasteiger partial charge < -0.3 is 21.2 Å². The minimum Gasteiger partial charge on any atom is -0.462 e. The SMILES string of the molecule is C=C(C)C(=O)OCCC[Si]1(C)O[Si](C)(CCC)O[Si](C)(CCC)O[Si](C)(CCC)O1. The van der Waals surface area contributed by atoms with Crippen LogP contribution in [0.3, 0.4) is 0 Å². The number of esters is 1. The number of ether oxygens (including phenoxy) is 1. The summed E-state index contributed by atoms with van der Waals surface area (Å²) in [5.74, 6) is -0.343. The molecule has 0 aromatic heterocycles. The monoisotopic (exact) mass is 492 g/mol. The van der Waals surface area contributed by atoms with Gasteiger partial charge in [0.2, 0.25) is 0 Å². The largest absolute Gasteiger partial charge is 0.462 e. The van der Waals surface area contributed by atoms with Crippen LogP contribution in [0, 0.1) is 0 Å². The van der Waals surface area contributed by atoms with Gasteiger partial charge >= 0.3 is 40.2 Å². The minimum atomic E-state index is -2.57. The van der Waals surface area contributed by atoms with Crippen molar-refractivity contribution in [1.29, 1.82) is 0 Å². The van der Waals surface area contributed by atoms with Crippen molar-refractivity contribution in [3.8, 4) is 0 Å². The van der Waals surface area contributed by atoms with E-state index < -0.39 is 34.2 Å². The van der Waals surface area contributed by atoms with Crippen LogP contribution in [0.25, 0.3) is 0 Å². The molecule has 0 saturated carbocycles. The number of rotatable bonds is 11. The van der Waals surface area contributed by atoms with Crippen LogP contribution in [0.15, 0.2) is 12.2 Å². The van der Waals surface area contributed by atoms with E-state index in [0.29, 0.717) is 18.6 Å². The van der Waals surface area contributed by atoms with E-state index in [-0.39, 0.29) is 5.97 Å². The lowest BCUT2D eigenvalue weighted by Gasteiger charge is -2.50. The molecular weight excluding hydrogens is 449 g/mol. The molecule has 0 radical (unpaired) electrons. The standard InChI is InChI=1S/C20H44O6Si4/c1-10-15-27(6)23-28(7,16-11-2)25-30(9,26-29(8,24-27)17-12-3)18-13-14-22-20(21)19(4)5/h4,10-18H2,1-3,5-9H3. The Balaban J connectivity index is 3.09. The van der Waals surface area contributed by atoms with Crippen LogP contribution in [-0.2, 0) is 26.0 Å². The first-order valence-corrected chi connectivity index (χ1v) is 21.6. The summed E-state index contributed by atoms with van der Waals surface area (Å²) in [5.41, 5.74) is 0.421. The molecule has 0 N–H and O–H groups in total. The molecule has 0 amide bonds. The lowest BCUT2D eigenvalue weighted by molar-refractivity contribution is -0.138. The van der Waals surface area contributed by atoms with Crippen molar-refractivity contribution in [1.82, 2.24) is 0 Å².